The Morgan fingerprint density at radius 3 is 2.90 bits per heavy atom. The van der Waals surface area contributed by atoms with Crippen LogP contribution in [-0.2, 0) is 16.0 Å². The van der Waals surface area contributed by atoms with Crippen molar-refractivity contribution in [1.29, 1.82) is 0 Å². The Morgan fingerprint density at radius 2 is 2.25 bits per heavy atom. The van der Waals surface area contributed by atoms with Gasteiger partial charge in [-0.05, 0) is 18.4 Å². The highest BCUT2D eigenvalue weighted by molar-refractivity contribution is 7.10. The van der Waals surface area contributed by atoms with Crippen molar-refractivity contribution in [1.82, 2.24) is 10.5 Å². The fraction of sp³-hybridized carbons (Fsp3) is 0.308. The highest BCUT2D eigenvalue weighted by Crippen LogP contribution is 2.09. The van der Waals surface area contributed by atoms with E-state index < -0.39 is 0 Å². The number of hydrogen-bond donors (Lipinski definition) is 2. The van der Waals surface area contributed by atoms with Gasteiger partial charge in [-0.25, -0.2) is 0 Å². The van der Waals surface area contributed by atoms with Crippen LogP contribution in [0.2, 0.25) is 0 Å². The van der Waals surface area contributed by atoms with E-state index in [0.29, 0.717) is 24.5 Å². The second-order valence-electron chi connectivity index (χ2n) is 4.23. The van der Waals surface area contributed by atoms with Gasteiger partial charge in [-0.1, -0.05) is 11.2 Å². The number of thiophene rings is 1. The van der Waals surface area contributed by atoms with Crippen molar-refractivity contribution in [2.24, 2.45) is 0 Å². The maximum absolute atomic E-state index is 11.6. The highest BCUT2D eigenvalue weighted by Gasteiger charge is 2.08. The van der Waals surface area contributed by atoms with Crippen LogP contribution in [0.25, 0.3) is 0 Å². The average Bonchev–Trinajstić information content (AvgIpc) is 3.01. The lowest BCUT2D eigenvalue weighted by Gasteiger charge is -2.04. The molecule has 20 heavy (non-hydrogen) atoms. The van der Waals surface area contributed by atoms with Gasteiger partial charge >= 0.3 is 0 Å². The van der Waals surface area contributed by atoms with Crippen molar-refractivity contribution < 1.29 is 14.1 Å². The van der Waals surface area contributed by atoms with Gasteiger partial charge in [-0.3, -0.25) is 9.59 Å². The molecular weight excluding hydrogens is 278 g/mol. The normalized spacial score (nSPS) is 10.2. The standard InChI is InChI=1S/C13H15N3O3S/c1-9-7-11(16-19-9)15-12(17)4-5-14-13(18)8-10-3-2-6-20-10/h2-3,6-7H,4-5,8H2,1H3,(H,14,18)(H,15,16,17). The summed E-state index contributed by atoms with van der Waals surface area (Å²) < 4.78 is 4.83. The molecule has 2 amide bonds. The Hall–Kier alpha value is -2.15. The zero-order valence-electron chi connectivity index (χ0n) is 11.0. The topological polar surface area (TPSA) is 84.2 Å². The lowest BCUT2D eigenvalue weighted by molar-refractivity contribution is -0.120. The van der Waals surface area contributed by atoms with Gasteiger partial charge < -0.3 is 15.2 Å². The molecule has 2 aromatic rings. The monoisotopic (exact) mass is 293 g/mol. The van der Waals surface area contributed by atoms with Crippen LogP contribution in [0.15, 0.2) is 28.1 Å². The van der Waals surface area contributed by atoms with E-state index in [4.69, 9.17) is 4.52 Å². The van der Waals surface area contributed by atoms with E-state index in [1.54, 1.807) is 13.0 Å². The van der Waals surface area contributed by atoms with Gasteiger partial charge in [0.25, 0.3) is 0 Å². The quantitative estimate of drug-likeness (QED) is 0.849. The fourth-order valence-corrected chi connectivity index (χ4v) is 2.28. The van der Waals surface area contributed by atoms with E-state index in [0.717, 1.165) is 4.88 Å². The van der Waals surface area contributed by atoms with E-state index in [2.05, 4.69) is 15.8 Å². The summed E-state index contributed by atoms with van der Waals surface area (Å²) in [6.45, 7) is 2.04. The summed E-state index contributed by atoms with van der Waals surface area (Å²) in [4.78, 5) is 24.2. The van der Waals surface area contributed by atoms with Crippen molar-refractivity contribution >= 4 is 29.0 Å². The Kier molecular flexibility index (Phi) is 4.89. The molecule has 0 bridgehead atoms. The summed E-state index contributed by atoms with van der Waals surface area (Å²) in [7, 11) is 0. The maximum Gasteiger partial charge on any atom is 0.227 e. The molecule has 0 saturated heterocycles. The van der Waals surface area contributed by atoms with Crippen molar-refractivity contribution in [3.05, 3.63) is 34.2 Å². The van der Waals surface area contributed by atoms with E-state index in [-0.39, 0.29) is 18.2 Å². The third-order valence-corrected chi connectivity index (χ3v) is 3.36. The molecule has 2 heterocycles. The van der Waals surface area contributed by atoms with E-state index >= 15 is 0 Å². The number of nitrogens with one attached hydrogen (secondary N) is 2. The molecular formula is C13H15N3O3S. The van der Waals surface area contributed by atoms with Crippen molar-refractivity contribution in [2.45, 2.75) is 19.8 Å². The van der Waals surface area contributed by atoms with Crippen LogP contribution in [0.3, 0.4) is 0 Å². The van der Waals surface area contributed by atoms with E-state index in [1.807, 2.05) is 17.5 Å². The SMILES string of the molecule is Cc1cc(NC(=O)CCNC(=O)Cc2cccs2)no1. The van der Waals surface area contributed by atoms with Crippen LogP contribution in [0.5, 0.6) is 0 Å². The molecule has 7 heteroatoms. The van der Waals surface area contributed by atoms with Gasteiger partial charge in [-0.2, -0.15) is 0 Å². The van der Waals surface area contributed by atoms with E-state index in [1.165, 1.54) is 11.3 Å². The predicted octanol–water partition coefficient (Wildman–Crippen LogP) is 1.73. The molecule has 0 spiro atoms. The van der Waals surface area contributed by atoms with Crippen LogP contribution in [0.4, 0.5) is 5.82 Å². The van der Waals surface area contributed by atoms with E-state index in [9.17, 15) is 9.59 Å². The van der Waals surface area contributed by atoms with Gasteiger partial charge in [0.2, 0.25) is 11.8 Å². The minimum Gasteiger partial charge on any atom is -0.360 e. The fourth-order valence-electron chi connectivity index (χ4n) is 1.58. The van der Waals surface area contributed by atoms with Gasteiger partial charge in [0.05, 0.1) is 6.42 Å². The lowest BCUT2D eigenvalue weighted by Crippen LogP contribution is -2.28. The summed E-state index contributed by atoms with van der Waals surface area (Å²) in [6.07, 6.45) is 0.545. The van der Waals surface area contributed by atoms with Crippen LogP contribution in [-0.4, -0.2) is 23.5 Å². The number of aromatic nitrogens is 1. The first-order chi connectivity index (χ1) is 9.63. The second kappa shape index (κ2) is 6.85. The summed E-state index contributed by atoms with van der Waals surface area (Å²) >= 11 is 1.54. The van der Waals surface area contributed by atoms with Crippen LogP contribution < -0.4 is 10.6 Å². The predicted molar refractivity (Wildman–Crippen MR) is 75.5 cm³/mol. The largest absolute Gasteiger partial charge is 0.360 e. The summed E-state index contributed by atoms with van der Waals surface area (Å²) in [5.74, 6) is 0.717. The number of aryl methyl sites for hydroxylation is 1. The minimum absolute atomic E-state index is 0.0856. The number of amides is 2. The molecule has 0 aromatic carbocycles. The molecule has 2 rings (SSSR count). The first-order valence-corrected chi connectivity index (χ1v) is 7.03. The molecule has 0 saturated carbocycles. The Balaban J connectivity index is 1.65. The second-order valence-corrected chi connectivity index (χ2v) is 5.26. The smallest absolute Gasteiger partial charge is 0.227 e. The highest BCUT2D eigenvalue weighted by atomic mass is 32.1. The number of rotatable bonds is 6. The van der Waals surface area contributed by atoms with Crippen LogP contribution >= 0.6 is 11.3 Å². The number of hydrogen-bond acceptors (Lipinski definition) is 5. The number of nitrogens with zero attached hydrogens (tertiary/aromatic N) is 1. The summed E-state index contributed by atoms with van der Waals surface area (Å²) in [5.41, 5.74) is 0. The molecule has 106 valence electrons. The third kappa shape index (κ3) is 4.51. The van der Waals surface area contributed by atoms with Crippen LogP contribution in [0.1, 0.15) is 17.1 Å². The van der Waals surface area contributed by atoms with Gasteiger partial charge in [0.15, 0.2) is 5.82 Å². The molecule has 0 aliphatic heterocycles. The zero-order chi connectivity index (χ0) is 14.4. The molecule has 2 aromatic heterocycles. The lowest BCUT2D eigenvalue weighted by atomic mass is 10.3. The summed E-state index contributed by atoms with van der Waals surface area (Å²) in [5, 5.41) is 10.9. The first-order valence-electron chi connectivity index (χ1n) is 6.16. The Morgan fingerprint density at radius 1 is 1.40 bits per heavy atom. The number of carbonyl (C=O) groups is 2. The third-order valence-electron chi connectivity index (χ3n) is 2.48. The van der Waals surface area contributed by atoms with Gasteiger partial charge in [-0.15, -0.1) is 11.3 Å². The number of anilines is 1. The average molecular weight is 293 g/mol. The minimum atomic E-state index is -0.213. The molecule has 0 atom stereocenters. The van der Waals surface area contributed by atoms with Crippen molar-refractivity contribution in [3.63, 3.8) is 0 Å². The Labute approximate surface area is 120 Å². The summed E-state index contributed by atoms with van der Waals surface area (Å²) in [6, 6.07) is 5.44. The molecule has 2 N–H and O–H groups in total. The zero-order valence-corrected chi connectivity index (χ0v) is 11.8. The molecule has 0 unspecified atom stereocenters. The van der Waals surface area contributed by atoms with Gasteiger partial charge in [0.1, 0.15) is 5.76 Å². The molecule has 0 fully saturated rings. The molecule has 0 aliphatic rings. The van der Waals surface area contributed by atoms with Crippen LogP contribution in [0, 0.1) is 6.92 Å². The van der Waals surface area contributed by atoms with Gasteiger partial charge in [0, 0.05) is 23.9 Å². The Bertz CT molecular complexity index is 577. The molecule has 6 nitrogen and oxygen atoms in total. The first kappa shape index (κ1) is 14.3. The molecule has 0 aliphatic carbocycles. The van der Waals surface area contributed by atoms with Crippen molar-refractivity contribution in [2.75, 3.05) is 11.9 Å². The molecule has 0 radical (unpaired) electrons. The number of carbonyl (C=O) groups excluding carboxylic acids is 2. The maximum atomic E-state index is 11.6. The van der Waals surface area contributed by atoms with Crippen molar-refractivity contribution in [3.8, 4) is 0 Å².